The summed E-state index contributed by atoms with van der Waals surface area (Å²) in [5.41, 5.74) is 1.34. The van der Waals surface area contributed by atoms with Crippen LogP contribution in [0.4, 0.5) is 0 Å². The van der Waals surface area contributed by atoms with Crippen LogP contribution in [0, 0.1) is 11.3 Å². The average molecular weight is 274 g/mol. The van der Waals surface area contributed by atoms with Crippen molar-refractivity contribution in [2.75, 3.05) is 7.11 Å². The van der Waals surface area contributed by atoms with Gasteiger partial charge in [0.05, 0.1) is 12.7 Å². The third kappa shape index (κ3) is 3.18. The van der Waals surface area contributed by atoms with Crippen molar-refractivity contribution in [3.05, 3.63) is 53.6 Å². The van der Waals surface area contributed by atoms with Gasteiger partial charge in [0, 0.05) is 11.9 Å². The third-order valence-electron chi connectivity index (χ3n) is 2.59. The largest absolute Gasteiger partial charge is 0.497 e. The first-order valence-electron chi connectivity index (χ1n) is 5.67. The van der Waals surface area contributed by atoms with Gasteiger partial charge >= 0.3 is 0 Å². The molecule has 0 saturated heterocycles. The van der Waals surface area contributed by atoms with E-state index >= 15 is 0 Å². The Morgan fingerprint density at radius 2 is 1.95 bits per heavy atom. The van der Waals surface area contributed by atoms with Crippen molar-refractivity contribution in [1.29, 1.82) is 5.26 Å². The van der Waals surface area contributed by atoms with Gasteiger partial charge in [-0.25, -0.2) is 0 Å². The van der Waals surface area contributed by atoms with E-state index < -0.39 is 0 Å². The van der Waals surface area contributed by atoms with E-state index in [0.29, 0.717) is 28.7 Å². The highest BCUT2D eigenvalue weighted by molar-refractivity contribution is 6.17. The van der Waals surface area contributed by atoms with Crippen molar-refractivity contribution in [2.45, 2.75) is 5.88 Å². The minimum Gasteiger partial charge on any atom is -0.497 e. The first-order chi connectivity index (χ1) is 9.26. The molecule has 0 heterocycles. The van der Waals surface area contributed by atoms with Crippen LogP contribution in [0.15, 0.2) is 42.5 Å². The second kappa shape index (κ2) is 6.12. The van der Waals surface area contributed by atoms with E-state index in [1.807, 2.05) is 18.2 Å². The van der Waals surface area contributed by atoms with Crippen molar-refractivity contribution in [3.63, 3.8) is 0 Å². The monoisotopic (exact) mass is 273 g/mol. The summed E-state index contributed by atoms with van der Waals surface area (Å²) in [6.07, 6.45) is 0. The van der Waals surface area contributed by atoms with Gasteiger partial charge in [0.15, 0.2) is 0 Å². The fourth-order valence-electron chi connectivity index (χ4n) is 1.63. The van der Waals surface area contributed by atoms with Gasteiger partial charge in [-0.05, 0) is 29.8 Å². The number of alkyl halides is 1. The van der Waals surface area contributed by atoms with Gasteiger partial charge in [-0.1, -0.05) is 12.1 Å². The molecule has 96 valence electrons. The van der Waals surface area contributed by atoms with Crippen LogP contribution in [-0.4, -0.2) is 7.11 Å². The summed E-state index contributed by atoms with van der Waals surface area (Å²) < 4.78 is 10.8. The van der Waals surface area contributed by atoms with Gasteiger partial charge in [0.2, 0.25) is 0 Å². The highest BCUT2D eigenvalue weighted by Crippen LogP contribution is 2.28. The molecule has 0 unspecified atom stereocenters. The van der Waals surface area contributed by atoms with Crippen LogP contribution in [0.1, 0.15) is 11.1 Å². The van der Waals surface area contributed by atoms with Crippen LogP contribution < -0.4 is 9.47 Å². The highest BCUT2D eigenvalue weighted by atomic mass is 35.5. The first kappa shape index (κ1) is 13.3. The summed E-state index contributed by atoms with van der Waals surface area (Å²) in [6, 6.07) is 14.6. The van der Waals surface area contributed by atoms with Crippen LogP contribution >= 0.6 is 11.6 Å². The number of ether oxygens (including phenoxy) is 2. The quantitative estimate of drug-likeness (QED) is 0.788. The minimum absolute atomic E-state index is 0.369. The number of nitrogens with zero attached hydrogens (tertiary/aromatic N) is 1. The molecule has 0 spiro atoms. The van der Waals surface area contributed by atoms with Gasteiger partial charge in [-0.15, -0.1) is 11.6 Å². The van der Waals surface area contributed by atoms with Crippen molar-refractivity contribution >= 4 is 11.6 Å². The summed E-state index contributed by atoms with van der Waals surface area (Å²) in [5.74, 6) is 2.20. The van der Waals surface area contributed by atoms with E-state index in [-0.39, 0.29) is 0 Å². The van der Waals surface area contributed by atoms with Crippen LogP contribution in [0.25, 0.3) is 0 Å². The third-order valence-corrected chi connectivity index (χ3v) is 2.90. The molecule has 2 aromatic rings. The Balaban J connectivity index is 2.30. The normalized spacial score (nSPS) is 9.74. The molecule has 0 N–H and O–H groups in total. The topological polar surface area (TPSA) is 42.2 Å². The predicted molar refractivity (Wildman–Crippen MR) is 73.8 cm³/mol. The van der Waals surface area contributed by atoms with Crippen molar-refractivity contribution < 1.29 is 9.47 Å². The summed E-state index contributed by atoms with van der Waals surface area (Å²) in [6.45, 7) is 0. The molecule has 0 fully saturated rings. The molecule has 3 nitrogen and oxygen atoms in total. The van der Waals surface area contributed by atoms with Gasteiger partial charge in [0.25, 0.3) is 0 Å². The molecule has 0 radical (unpaired) electrons. The van der Waals surface area contributed by atoms with E-state index in [0.717, 1.165) is 5.56 Å². The van der Waals surface area contributed by atoms with E-state index in [1.54, 1.807) is 31.4 Å². The van der Waals surface area contributed by atoms with Crippen LogP contribution in [-0.2, 0) is 5.88 Å². The lowest BCUT2D eigenvalue weighted by Crippen LogP contribution is -1.91. The lowest BCUT2D eigenvalue weighted by atomic mass is 10.1. The van der Waals surface area contributed by atoms with Crippen LogP contribution in [0.2, 0.25) is 0 Å². The second-order valence-electron chi connectivity index (χ2n) is 3.86. The van der Waals surface area contributed by atoms with Crippen molar-refractivity contribution in [1.82, 2.24) is 0 Å². The molecule has 0 saturated carbocycles. The molecule has 0 bridgehead atoms. The standard InChI is InChI=1S/C15H12ClNO2/c1-18-13-3-2-4-14(8-13)19-15-6-5-11(9-16)7-12(15)10-17/h2-8H,9H2,1H3. The molecule has 2 rings (SSSR count). The number of hydrogen-bond donors (Lipinski definition) is 0. The number of benzene rings is 2. The van der Waals surface area contributed by atoms with Crippen molar-refractivity contribution in [3.8, 4) is 23.3 Å². The van der Waals surface area contributed by atoms with Gasteiger partial charge < -0.3 is 9.47 Å². The lowest BCUT2D eigenvalue weighted by Gasteiger charge is -2.09. The number of methoxy groups -OCH3 is 1. The molecule has 19 heavy (non-hydrogen) atoms. The van der Waals surface area contributed by atoms with E-state index in [4.69, 9.17) is 26.3 Å². The molecule has 4 heteroatoms. The summed E-state index contributed by atoms with van der Waals surface area (Å²) in [4.78, 5) is 0. The fraction of sp³-hybridized carbons (Fsp3) is 0.133. The van der Waals surface area contributed by atoms with Crippen LogP contribution in [0.3, 0.4) is 0 Å². The molecule has 0 aliphatic heterocycles. The Morgan fingerprint density at radius 1 is 1.16 bits per heavy atom. The Hall–Kier alpha value is -2.18. The fourth-order valence-corrected chi connectivity index (χ4v) is 1.79. The van der Waals surface area contributed by atoms with E-state index in [9.17, 15) is 0 Å². The molecule has 0 aliphatic carbocycles. The lowest BCUT2D eigenvalue weighted by molar-refractivity contribution is 0.409. The maximum atomic E-state index is 9.12. The molecule has 0 atom stereocenters. The van der Waals surface area contributed by atoms with E-state index in [2.05, 4.69) is 6.07 Å². The van der Waals surface area contributed by atoms with Gasteiger partial charge in [-0.3, -0.25) is 0 Å². The molecular formula is C15H12ClNO2. The minimum atomic E-state index is 0.369. The molecule has 0 amide bonds. The molecule has 0 aromatic heterocycles. The molecule has 0 aliphatic rings. The first-order valence-corrected chi connectivity index (χ1v) is 6.21. The smallest absolute Gasteiger partial charge is 0.145 e. The van der Waals surface area contributed by atoms with Gasteiger partial charge in [-0.2, -0.15) is 5.26 Å². The summed E-state index contributed by atoms with van der Waals surface area (Å²) in [7, 11) is 1.59. The second-order valence-corrected chi connectivity index (χ2v) is 4.12. The molecule has 2 aromatic carbocycles. The summed E-state index contributed by atoms with van der Waals surface area (Å²) in [5, 5.41) is 9.12. The number of hydrogen-bond acceptors (Lipinski definition) is 3. The SMILES string of the molecule is COc1cccc(Oc2ccc(CCl)cc2C#N)c1. The maximum Gasteiger partial charge on any atom is 0.145 e. The number of rotatable bonds is 4. The van der Waals surface area contributed by atoms with E-state index in [1.165, 1.54) is 0 Å². The zero-order valence-electron chi connectivity index (χ0n) is 10.4. The van der Waals surface area contributed by atoms with Crippen LogP contribution in [0.5, 0.6) is 17.2 Å². The Morgan fingerprint density at radius 3 is 2.63 bits per heavy atom. The Labute approximate surface area is 117 Å². The number of nitriles is 1. The maximum absolute atomic E-state index is 9.12. The highest BCUT2D eigenvalue weighted by Gasteiger charge is 2.06. The molecular weight excluding hydrogens is 262 g/mol. The average Bonchev–Trinajstić information content (AvgIpc) is 2.48. The Kier molecular flexibility index (Phi) is 4.27. The van der Waals surface area contributed by atoms with Crippen molar-refractivity contribution in [2.24, 2.45) is 0 Å². The van der Waals surface area contributed by atoms with Gasteiger partial charge in [0.1, 0.15) is 23.3 Å². The Bertz CT molecular complexity index is 620. The zero-order chi connectivity index (χ0) is 13.7. The predicted octanol–water partition coefficient (Wildman–Crippen LogP) is 4.10. The zero-order valence-corrected chi connectivity index (χ0v) is 11.1. The summed E-state index contributed by atoms with van der Waals surface area (Å²) >= 11 is 5.74. The number of halogens is 1.